The van der Waals surface area contributed by atoms with E-state index < -0.39 is 28.7 Å². The van der Waals surface area contributed by atoms with Crippen molar-refractivity contribution in [3.8, 4) is 0 Å². The van der Waals surface area contributed by atoms with Gasteiger partial charge in [-0.2, -0.15) is 4.68 Å². The number of rotatable bonds is 5. The van der Waals surface area contributed by atoms with E-state index in [1.165, 1.54) is 0 Å². The van der Waals surface area contributed by atoms with E-state index in [1.54, 1.807) is 6.92 Å². The highest BCUT2D eigenvalue weighted by molar-refractivity contribution is 5.92. The lowest BCUT2D eigenvalue weighted by atomic mass is 10.2. The SMILES string of the molecule is CCC(C(=O)O)n1cc(C(=O)OC)c([N+](=O)[O-])n1. The van der Waals surface area contributed by atoms with Crippen LogP contribution >= 0.6 is 0 Å². The number of esters is 1. The van der Waals surface area contributed by atoms with E-state index in [1.807, 2.05) is 0 Å². The highest BCUT2D eigenvalue weighted by atomic mass is 16.6. The van der Waals surface area contributed by atoms with E-state index in [0.717, 1.165) is 18.0 Å². The number of carbonyl (C=O) groups is 2. The van der Waals surface area contributed by atoms with Crippen LogP contribution < -0.4 is 0 Å². The number of hydrogen-bond acceptors (Lipinski definition) is 6. The summed E-state index contributed by atoms with van der Waals surface area (Å²) in [6.45, 7) is 1.59. The molecule has 0 aliphatic rings. The van der Waals surface area contributed by atoms with Crippen LogP contribution in [0.3, 0.4) is 0 Å². The second kappa shape index (κ2) is 5.25. The molecule has 0 saturated carbocycles. The van der Waals surface area contributed by atoms with Gasteiger partial charge in [-0.1, -0.05) is 6.92 Å². The van der Waals surface area contributed by atoms with E-state index in [4.69, 9.17) is 5.11 Å². The van der Waals surface area contributed by atoms with Crippen LogP contribution in [0.15, 0.2) is 6.20 Å². The number of aliphatic carboxylic acids is 1. The first-order valence-corrected chi connectivity index (χ1v) is 4.97. The van der Waals surface area contributed by atoms with Gasteiger partial charge in [0.2, 0.25) is 0 Å². The Labute approximate surface area is 101 Å². The molecule has 0 saturated heterocycles. The Morgan fingerprint density at radius 1 is 1.67 bits per heavy atom. The maximum atomic E-state index is 11.3. The third-order valence-corrected chi connectivity index (χ3v) is 2.28. The minimum absolute atomic E-state index is 0.175. The van der Waals surface area contributed by atoms with Crippen LogP contribution in [0.5, 0.6) is 0 Å². The molecule has 0 radical (unpaired) electrons. The monoisotopic (exact) mass is 257 g/mol. The first-order chi connectivity index (χ1) is 8.42. The van der Waals surface area contributed by atoms with E-state index in [-0.39, 0.29) is 12.0 Å². The van der Waals surface area contributed by atoms with Crippen LogP contribution in [0.25, 0.3) is 0 Å². The quantitative estimate of drug-likeness (QED) is 0.465. The van der Waals surface area contributed by atoms with Crippen molar-refractivity contribution in [1.82, 2.24) is 9.78 Å². The number of methoxy groups -OCH3 is 1. The van der Waals surface area contributed by atoms with Crippen molar-refractivity contribution < 1.29 is 24.4 Å². The van der Waals surface area contributed by atoms with Crippen molar-refractivity contribution in [2.24, 2.45) is 0 Å². The standard InChI is InChI=1S/C9H11N3O6/c1-3-6(8(13)14)11-4-5(9(15)18-2)7(10-11)12(16)17/h4,6H,3H2,1-2H3,(H,13,14). The summed E-state index contributed by atoms with van der Waals surface area (Å²) in [6, 6.07) is -1.07. The fourth-order valence-corrected chi connectivity index (χ4v) is 1.41. The van der Waals surface area contributed by atoms with Crippen molar-refractivity contribution >= 4 is 17.8 Å². The molecule has 1 atom stereocenters. The van der Waals surface area contributed by atoms with Crippen LogP contribution in [-0.2, 0) is 9.53 Å². The highest BCUT2D eigenvalue weighted by Gasteiger charge is 2.31. The highest BCUT2D eigenvalue weighted by Crippen LogP contribution is 2.21. The smallest absolute Gasteiger partial charge is 0.404 e. The second-order valence-corrected chi connectivity index (χ2v) is 3.36. The molecule has 1 rings (SSSR count). The molecule has 1 heterocycles. The van der Waals surface area contributed by atoms with Gasteiger partial charge in [0.05, 0.1) is 18.4 Å². The number of carbonyl (C=O) groups excluding carboxylic acids is 1. The van der Waals surface area contributed by atoms with Crippen molar-refractivity contribution in [3.63, 3.8) is 0 Å². The Morgan fingerprint density at radius 2 is 2.28 bits per heavy atom. The number of hydrogen-bond donors (Lipinski definition) is 1. The third kappa shape index (κ3) is 2.44. The van der Waals surface area contributed by atoms with Crippen LogP contribution in [0.2, 0.25) is 0 Å². The summed E-state index contributed by atoms with van der Waals surface area (Å²) in [5.41, 5.74) is -0.373. The topological polar surface area (TPSA) is 125 Å². The van der Waals surface area contributed by atoms with Crippen molar-refractivity contribution in [3.05, 3.63) is 21.9 Å². The molecule has 0 aromatic carbocycles. The molecular weight excluding hydrogens is 246 g/mol. The maximum Gasteiger partial charge on any atom is 0.404 e. The summed E-state index contributed by atoms with van der Waals surface area (Å²) in [5.74, 6) is -2.85. The summed E-state index contributed by atoms with van der Waals surface area (Å²) >= 11 is 0. The third-order valence-electron chi connectivity index (χ3n) is 2.28. The van der Waals surface area contributed by atoms with Gasteiger partial charge in [-0.15, -0.1) is 0 Å². The molecule has 0 aliphatic carbocycles. The molecule has 1 aromatic heterocycles. The molecule has 0 spiro atoms. The minimum Gasteiger partial charge on any atom is -0.480 e. The van der Waals surface area contributed by atoms with Gasteiger partial charge in [0.25, 0.3) is 0 Å². The van der Waals surface area contributed by atoms with E-state index in [2.05, 4.69) is 9.84 Å². The Kier molecular flexibility index (Phi) is 3.97. The van der Waals surface area contributed by atoms with E-state index >= 15 is 0 Å². The van der Waals surface area contributed by atoms with Gasteiger partial charge >= 0.3 is 17.8 Å². The van der Waals surface area contributed by atoms with Crippen molar-refractivity contribution in [2.75, 3.05) is 7.11 Å². The molecule has 18 heavy (non-hydrogen) atoms. The molecule has 0 aliphatic heterocycles. The second-order valence-electron chi connectivity index (χ2n) is 3.36. The fourth-order valence-electron chi connectivity index (χ4n) is 1.41. The Bertz CT molecular complexity index is 494. The van der Waals surface area contributed by atoms with Crippen LogP contribution in [0, 0.1) is 10.1 Å². The van der Waals surface area contributed by atoms with Gasteiger partial charge in [-0.3, -0.25) is 0 Å². The summed E-state index contributed by atoms with van der Waals surface area (Å²) in [5, 5.41) is 23.1. The maximum absolute atomic E-state index is 11.3. The fraction of sp³-hybridized carbons (Fsp3) is 0.444. The van der Waals surface area contributed by atoms with E-state index in [0.29, 0.717) is 0 Å². The zero-order chi connectivity index (χ0) is 13.9. The molecule has 9 heteroatoms. The molecule has 0 amide bonds. The van der Waals surface area contributed by atoms with Crippen LogP contribution in [0.1, 0.15) is 29.7 Å². The molecule has 1 unspecified atom stereocenters. The van der Waals surface area contributed by atoms with Gasteiger partial charge < -0.3 is 20.0 Å². The summed E-state index contributed by atoms with van der Waals surface area (Å²) < 4.78 is 5.25. The lowest BCUT2D eigenvalue weighted by Crippen LogP contribution is -2.18. The minimum atomic E-state index is -1.19. The lowest BCUT2D eigenvalue weighted by molar-refractivity contribution is -0.390. The molecular formula is C9H11N3O6. The summed E-state index contributed by atoms with van der Waals surface area (Å²) in [6.07, 6.45) is 1.18. The predicted octanol–water partition coefficient (Wildman–Crippen LogP) is 0.614. The molecule has 1 aromatic rings. The van der Waals surface area contributed by atoms with Crippen LogP contribution in [-0.4, -0.2) is 38.9 Å². The molecule has 0 bridgehead atoms. The number of nitrogens with zero attached hydrogens (tertiary/aromatic N) is 3. The van der Waals surface area contributed by atoms with Crippen molar-refractivity contribution in [1.29, 1.82) is 0 Å². The lowest BCUT2D eigenvalue weighted by Gasteiger charge is -2.04. The van der Waals surface area contributed by atoms with Gasteiger partial charge in [0.1, 0.15) is 0 Å². The number of aromatic nitrogens is 2. The number of ether oxygens (including phenoxy) is 1. The first kappa shape index (κ1) is 13.6. The first-order valence-electron chi connectivity index (χ1n) is 4.97. The summed E-state index contributed by atoms with van der Waals surface area (Å²) in [7, 11) is 1.07. The average Bonchev–Trinajstić information content (AvgIpc) is 2.73. The number of carboxylic acid groups (broad SMARTS) is 1. The summed E-state index contributed by atoms with van der Waals surface area (Å²) in [4.78, 5) is 32.1. The zero-order valence-corrected chi connectivity index (χ0v) is 9.69. The van der Waals surface area contributed by atoms with Gasteiger partial charge in [-0.25, -0.2) is 9.59 Å². The largest absolute Gasteiger partial charge is 0.480 e. The van der Waals surface area contributed by atoms with Gasteiger partial charge in [0.15, 0.2) is 11.6 Å². The molecule has 98 valence electrons. The Balaban J connectivity index is 3.29. The van der Waals surface area contributed by atoms with Crippen molar-refractivity contribution in [2.45, 2.75) is 19.4 Å². The molecule has 9 nitrogen and oxygen atoms in total. The number of carboxylic acids is 1. The molecule has 1 N–H and O–H groups in total. The Hall–Kier alpha value is -2.45. The Morgan fingerprint density at radius 3 is 2.67 bits per heavy atom. The van der Waals surface area contributed by atoms with Crippen LogP contribution in [0.4, 0.5) is 5.82 Å². The molecule has 0 fully saturated rings. The van der Waals surface area contributed by atoms with E-state index in [9.17, 15) is 19.7 Å². The number of nitro groups is 1. The predicted molar refractivity (Wildman–Crippen MR) is 57.2 cm³/mol. The normalized spacial score (nSPS) is 11.9. The van der Waals surface area contributed by atoms with Gasteiger partial charge in [0, 0.05) is 0 Å². The van der Waals surface area contributed by atoms with Gasteiger partial charge in [-0.05, 0) is 11.3 Å². The zero-order valence-electron chi connectivity index (χ0n) is 9.69. The average molecular weight is 257 g/mol.